The fourth-order valence-electron chi connectivity index (χ4n) is 2.16. The van der Waals surface area contributed by atoms with E-state index < -0.39 is 16.4 Å². The molecule has 0 radical (unpaired) electrons. The van der Waals surface area contributed by atoms with Crippen LogP contribution in [0.1, 0.15) is 32.3 Å². The number of carbonyl (C=O) groups is 1. The van der Waals surface area contributed by atoms with Crippen molar-refractivity contribution >= 4 is 11.7 Å². The van der Waals surface area contributed by atoms with Gasteiger partial charge in [0.15, 0.2) is 0 Å². The number of nitrogens with zero attached hydrogens (tertiary/aromatic N) is 1. The minimum absolute atomic E-state index is 0.0541. The van der Waals surface area contributed by atoms with Crippen LogP contribution >= 0.6 is 0 Å². The Labute approximate surface area is 123 Å². The molecule has 0 aliphatic rings. The van der Waals surface area contributed by atoms with E-state index in [0.29, 0.717) is 24.2 Å². The van der Waals surface area contributed by atoms with Crippen molar-refractivity contribution in [3.8, 4) is 5.75 Å². The maximum Gasteiger partial charge on any atom is 0.323 e. The van der Waals surface area contributed by atoms with Crippen LogP contribution in [-0.4, -0.2) is 28.6 Å². The maximum absolute atomic E-state index is 11.4. The highest BCUT2D eigenvalue weighted by Gasteiger charge is 2.34. The summed E-state index contributed by atoms with van der Waals surface area (Å²) in [6, 6.07) is 4.26. The first kappa shape index (κ1) is 16.9. The Kier molecular flexibility index (Phi) is 5.66. The highest BCUT2D eigenvalue weighted by molar-refractivity contribution is 5.78. The van der Waals surface area contributed by atoms with Gasteiger partial charge in [0.25, 0.3) is 5.69 Å². The zero-order valence-corrected chi connectivity index (χ0v) is 12.4. The predicted octanol–water partition coefficient (Wildman–Crippen LogP) is 2.34. The molecular formula is C14H20N2O5. The average Bonchev–Trinajstić information content (AvgIpc) is 2.48. The van der Waals surface area contributed by atoms with Crippen molar-refractivity contribution in [2.45, 2.75) is 38.8 Å². The van der Waals surface area contributed by atoms with E-state index >= 15 is 0 Å². The van der Waals surface area contributed by atoms with Crippen molar-refractivity contribution in [2.75, 3.05) is 7.11 Å². The summed E-state index contributed by atoms with van der Waals surface area (Å²) >= 11 is 0. The van der Waals surface area contributed by atoms with Gasteiger partial charge in [0.05, 0.1) is 12.0 Å². The summed E-state index contributed by atoms with van der Waals surface area (Å²) in [6.45, 7) is 3.75. The largest absolute Gasteiger partial charge is 0.496 e. The highest BCUT2D eigenvalue weighted by Crippen LogP contribution is 2.25. The predicted molar refractivity (Wildman–Crippen MR) is 77.4 cm³/mol. The first-order valence-corrected chi connectivity index (χ1v) is 6.70. The fraction of sp³-hybridized carbons (Fsp3) is 0.500. The molecule has 21 heavy (non-hydrogen) atoms. The molecule has 0 unspecified atom stereocenters. The number of benzene rings is 1. The number of carboxylic acid groups (broad SMARTS) is 1. The minimum atomic E-state index is -1.05. The van der Waals surface area contributed by atoms with Crippen molar-refractivity contribution < 1.29 is 19.6 Å². The Bertz CT molecular complexity index is 526. The standard InChI is InChI=1S/C14H20N2O5/c1-4-14(5-2,13(17)18)15-9-10-8-11(16(19)20)6-7-12(10)21-3/h6-8,15H,4-5,9H2,1-3H3,(H,17,18). The molecule has 1 aromatic rings. The second-order valence-corrected chi connectivity index (χ2v) is 4.70. The third kappa shape index (κ3) is 3.69. The van der Waals surface area contributed by atoms with Gasteiger partial charge in [-0.1, -0.05) is 13.8 Å². The first-order valence-electron chi connectivity index (χ1n) is 6.70. The van der Waals surface area contributed by atoms with E-state index in [1.54, 1.807) is 13.8 Å². The lowest BCUT2D eigenvalue weighted by molar-refractivity contribution is -0.384. The monoisotopic (exact) mass is 296 g/mol. The van der Waals surface area contributed by atoms with Gasteiger partial charge >= 0.3 is 5.97 Å². The van der Waals surface area contributed by atoms with Gasteiger partial charge in [0.1, 0.15) is 11.3 Å². The number of methoxy groups -OCH3 is 1. The number of hydrogen-bond donors (Lipinski definition) is 2. The topological polar surface area (TPSA) is 102 Å². The SMILES string of the molecule is CCC(CC)(NCc1cc([N+](=O)[O-])ccc1OC)C(=O)O. The number of nitro groups is 1. The summed E-state index contributed by atoms with van der Waals surface area (Å²) in [4.78, 5) is 21.8. The van der Waals surface area contributed by atoms with Crippen LogP contribution in [0.3, 0.4) is 0 Å². The molecule has 0 bridgehead atoms. The number of nitrogens with one attached hydrogen (secondary N) is 1. The number of hydrogen-bond acceptors (Lipinski definition) is 5. The molecular weight excluding hydrogens is 276 g/mol. The van der Waals surface area contributed by atoms with E-state index in [9.17, 15) is 20.0 Å². The third-order valence-corrected chi connectivity index (χ3v) is 3.71. The van der Waals surface area contributed by atoms with Crippen molar-refractivity contribution in [1.29, 1.82) is 0 Å². The average molecular weight is 296 g/mol. The number of non-ortho nitro benzene ring substituents is 1. The quantitative estimate of drug-likeness (QED) is 0.564. The number of rotatable bonds is 8. The summed E-state index contributed by atoms with van der Waals surface area (Å²) in [5, 5.41) is 23.2. The summed E-state index contributed by atoms with van der Waals surface area (Å²) < 4.78 is 5.16. The summed E-state index contributed by atoms with van der Waals surface area (Å²) in [6.07, 6.45) is 0.826. The van der Waals surface area contributed by atoms with Gasteiger partial charge in [-0.15, -0.1) is 0 Å². The van der Waals surface area contributed by atoms with Gasteiger partial charge in [-0.2, -0.15) is 0 Å². The second kappa shape index (κ2) is 7.03. The molecule has 2 N–H and O–H groups in total. The Morgan fingerprint density at radius 2 is 2.05 bits per heavy atom. The molecule has 0 spiro atoms. The summed E-state index contributed by atoms with van der Waals surface area (Å²) in [7, 11) is 1.47. The molecule has 1 aromatic carbocycles. The molecule has 0 saturated heterocycles. The molecule has 0 saturated carbocycles. The van der Waals surface area contributed by atoms with Crippen LogP contribution in [0.15, 0.2) is 18.2 Å². The Hall–Kier alpha value is -2.15. The van der Waals surface area contributed by atoms with Gasteiger partial charge < -0.3 is 9.84 Å². The van der Waals surface area contributed by atoms with E-state index in [2.05, 4.69) is 5.32 Å². The van der Waals surface area contributed by atoms with E-state index in [1.165, 1.54) is 25.3 Å². The van der Waals surface area contributed by atoms with Crippen LogP contribution in [0.2, 0.25) is 0 Å². The maximum atomic E-state index is 11.4. The second-order valence-electron chi connectivity index (χ2n) is 4.70. The van der Waals surface area contributed by atoms with E-state index in [1.807, 2.05) is 0 Å². The fourth-order valence-corrected chi connectivity index (χ4v) is 2.16. The summed E-state index contributed by atoms with van der Waals surface area (Å²) in [5.74, 6) is -0.448. The van der Waals surface area contributed by atoms with Crippen molar-refractivity contribution in [3.05, 3.63) is 33.9 Å². The zero-order valence-electron chi connectivity index (χ0n) is 12.4. The molecule has 0 heterocycles. The van der Waals surface area contributed by atoms with E-state index in [0.717, 1.165) is 0 Å². The molecule has 7 nitrogen and oxygen atoms in total. The van der Waals surface area contributed by atoms with Crippen molar-refractivity contribution in [3.63, 3.8) is 0 Å². The molecule has 0 aliphatic heterocycles. The smallest absolute Gasteiger partial charge is 0.323 e. The molecule has 7 heteroatoms. The molecule has 0 aliphatic carbocycles. The van der Waals surface area contributed by atoms with Crippen molar-refractivity contribution in [1.82, 2.24) is 5.32 Å². The Morgan fingerprint density at radius 1 is 1.43 bits per heavy atom. The number of ether oxygens (including phenoxy) is 1. The number of aliphatic carboxylic acids is 1. The van der Waals surface area contributed by atoms with Gasteiger partial charge in [0.2, 0.25) is 0 Å². The molecule has 1 rings (SSSR count). The van der Waals surface area contributed by atoms with Gasteiger partial charge in [-0.25, -0.2) is 0 Å². The molecule has 0 aromatic heterocycles. The van der Waals surface area contributed by atoms with Crippen LogP contribution in [0.5, 0.6) is 5.75 Å². The van der Waals surface area contributed by atoms with Gasteiger partial charge in [-0.3, -0.25) is 20.2 Å². The normalized spacial score (nSPS) is 11.2. The van der Waals surface area contributed by atoms with Crippen LogP contribution in [0.4, 0.5) is 5.69 Å². The Balaban J connectivity index is 3.03. The molecule has 116 valence electrons. The van der Waals surface area contributed by atoms with Crippen LogP contribution in [0.25, 0.3) is 0 Å². The Morgan fingerprint density at radius 3 is 2.48 bits per heavy atom. The summed E-state index contributed by atoms with van der Waals surface area (Å²) in [5.41, 5.74) is -0.545. The van der Waals surface area contributed by atoms with Crippen molar-refractivity contribution in [2.24, 2.45) is 0 Å². The lowest BCUT2D eigenvalue weighted by atomic mass is 9.92. The lowest BCUT2D eigenvalue weighted by Crippen LogP contribution is -2.50. The van der Waals surface area contributed by atoms with Gasteiger partial charge in [-0.05, 0) is 18.9 Å². The minimum Gasteiger partial charge on any atom is -0.496 e. The van der Waals surface area contributed by atoms with E-state index in [4.69, 9.17) is 4.74 Å². The molecule has 0 atom stereocenters. The molecule has 0 fully saturated rings. The zero-order chi connectivity index (χ0) is 16.0. The number of carboxylic acids is 1. The highest BCUT2D eigenvalue weighted by atomic mass is 16.6. The van der Waals surface area contributed by atoms with E-state index in [-0.39, 0.29) is 12.2 Å². The first-order chi connectivity index (χ1) is 9.90. The molecule has 0 amide bonds. The van der Waals surface area contributed by atoms with Gasteiger partial charge in [0, 0.05) is 24.2 Å². The third-order valence-electron chi connectivity index (χ3n) is 3.71. The van der Waals surface area contributed by atoms with Crippen LogP contribution in [-0.2, 0) is 11.3 Å². The van der Waals surface area contributed by atoms with Crippen LogP contribution in [0, 0.1) is 10.1 Å². The number of nitro benzene ring substituents is 1. The van der Waals surface area contributed by atoms with Crippen LogP contribution < -0.4 is 10.1 Å². The lowest BCUT2D eigenvalue weighted by Gasteiger charge is -2.28.